The maximum absolute atomic E-state index is 5.09. The van der Waals surface area contributed by atoms with Gasteiger partial charge in [-0.2, -0.15) is 4.37 Å². The molecule has 4 heterocycles. The van der Waals surface area contributed by atoms with Crippen molar-refractivity contribution in [2.75, 3.05) is 0 Å². The van der Waals surface area contributed by atoms with E-state index < -0.39 is 0 Å². The van der Waals surface area contributed by atoms with E-state index in [-0.39, 0.29) is 21.7 Å². The van der Waals surface area contributed by atoms with Gasteiger partial charge in [0.25, 0.3) is 0 Å². The summed E-state index contributed by atoms with van der Waals surface area (Å²) in [5.41, 5.74) is 2.89. The molecular formula is C29H45N5OS2. The number of hydrogen-bond donors (Lipinski definition) is 0. The second kappa shape index (κ2) is 13.9. The van der Waals surface area contributed by atoms with E-state index in [4.69, 9.17) is 4.42 Å². The lowest BCUT2D eigenvalue weighted by molar-refractivity contribution is 0.408. The second-order valence-corrected chi connectivity index (χ2v) is 14.2. The standard InChI is InChI=1S/C8H12N2.C7H11NO.2C7H11NS/c1-8(2,3)7-6-9-4-5-10-7;1-7(2,3)6-4-8-5-9-6;1-7(2,3)6-8-4-5-9-6;1-7(2,3)6-4-5-9-8-6/h4-6H,1-3H3;3*4-5H,1-3H3. The van der Waals surface area contributed by atoms with E-state index in [1.165, 1.54) is 28.6 Å². The fourth-order valence-corrected chi connectivity index (χ4v) is 3.89. The molecule has 4 aromatic heterocycles. The van der Waals surface area contributed by atoms with Gasteiger partial charge in [0.2, 0.25) is 0 Å². The molecule has 0 saturated carbocycles. The minimum atomic E-state index is 0.0938. The highest BCUT2D eigenvalue weighted by Crippen LogP contribution is 2.23. The summed E-state index contributed by atoms with van der Waals surface area (Å²) in [7, 11) is 0. The topological polar surface area (TPSA) is 77.6 Å². The molecular weight excluding hydrogens is 498 g/mol. The van der Waals surface area contributed by atoms with Crippen molar-refractivity contribution in [3.63, 3.8) is 0 Å². The minimum absolute atomic E-state index is 0.0938. The largest absolute Gasteiger partial charge is 0.448 e. The summed E-state index contributed by atoms with van der Waals surface area (Å²) in [4.78, 5) is 16.2. The fourth-order valence-electron chi connectivity index (χ4n) is 2.47. The molecule has 4 aromatic rings. The maximum Gasteiger partial charge on any atom is 0.180 e. The summed E-state index contributed by atoms with van der Waals surface area (Å²) in [6.07, 6.45) is 10.3. The van der Waals surface area contributed by atoms with Gasteiger partial charge >= 0.3 is 0 Å². The molecule has 0 aromatic carbocycles. The lowest BCUT2D eigenvalue weighted by Gasteiger charge is -2.15. The molecule has 0 saturated heterocycles. The zero-order valence-electron chi connectivity index (χ0n) is 24.7. The van der Waals surface area contributed by atoms with Crippen molar-refractivity contribution in [3.8, 4) is 0 Å². The minimum Gasteiger partial charge on any atom is -0.448 e. The molecule has 4 rings (SSSR count). The van der Waals surface area contributed by atoms with Crippen molar-refractivity contribution in [1.82, 2.24) is 24.3 Å². The first-order valence-electron chi connectivity index (χ1n) is 12.4. The van der Waals surface area contributed by atoms with Crippen LogP contribution in [-0.4, -0.2) is 24.3 Å². The number of aromatic nitrogens is 5. The van der Waals surface area contributed by atoms with Gasteiger partial charge in [-0.25, -0.2) is 9.97 Å². The smallest absolute Gasteiger partial charge is 0.180 e. The van der Waals surface area contributed by atoms with Crippen LogP contribution in [0.1, 0.15) is 105 Å². The van der Waals surface area contributed by atoms with Gasteiger partial charge < -0.3 is 4.42 Å². The predicted octanol–water partition coefficient (Wildman–Crippen LogP) is 8.63. The molecule has 0 aliphatic carbocycles. The zero-order valence-corrected chi connectivity index (χ0v) is 26.3. The van der Waals surface area contributed by atoms with Crippen LogP contribution in [0.4, 0.5) is 0 Å². The number of thiazole rings is 1. The molecule has 6 nitrogen and oxygen atoms in total. The van der Waals surface area contributed by atoms with Crippen molar-refractivity contribution in [3.05, 3.63) is 76.4 Å². The fraction of sp³-hybridized carbons (Fsp3) is 0.552. The SMILES string of the molecule is CC(C)(C)c1ccsn1.CC(C)(C)c1cnccn1.CC(C)(C)c1cnco1.CC(C)(C)c1nccs1. The Morgan fingerprint density at radius 1 is 0.622 bits per heavy atom. The number of oxazole rings is 1. The first kappa shape index (κ1) is 32.6. The third-order valence-electron chi connectivity index (χ3n) is 4.78. The van der Waals surface area contributed by atoms with Crippen LogP contribution in [0, 0.1) is 0 Å². The van der Waals surface area contributed by atoms with E-state index in [9.17, 15) is 0 Å². The van der Waals surface area contributed by atoms with E-state index in [1.54, 1.807) is 36.1 Å². The van der Waals surface area contributed by atoms with Gasteiger partial charge in [-0.15, -0.1) is 11.3 Å². The molecule has 0 aliphatic rings. The molecule has 0 atom stereocenters. The second-order valence-electron chi connectivity index (χ2n) is 12.7. The van der Waals surface area contributed by atoms with Gasteiger partial charge in [0.05, 0.1) is 22.6 Å². The Hall–Kier alpha value is -2.45. The third kappa shape index (κ3) is 13.1. The number of hydrogen-bond acceptors (Lipinski definition) is 8. The van der Waals surface area contributed by atoms with Crippen molar-refractivity contribution in [2.45, 2.75) is 105 Å². The van der Waals surface area contributed by atoms with E-state index in [2.05, 4.69) is 113 Å². The Balaban J connectivity index is 0.000000247. The number of rotatable bonds is 0. The Kier molecular flexibility index (Phi) is 12.2. The van der Waals surface area contributed by atoms with Crippen LogP contribution in [0.3, 0.4) is 0 Å². The van der Waals surface area contributed by atoms with Crippen LogP contribution in [0.15, 0.2) is 58.6 Å². The van der Waals surface area contributed by atoms with Crippen LogP contribution in [0.5, 0.6) is 0 Å². The van der Waals surface area contributed by atoms with E-state index >= 15 is 0 Å². The van der Waals surface area contributed by atoms with Crippen LogP contribution in [0.2, 0.25) is 0 Å². The molecule has 0 bridgehead atoms. The van der Waals surface area contributed by atoms with E-state index in [0.29, 0.717) is 0 Å². The van der Waals surface area contributed by atoms with Gasteiger partial charge in [0.15, 0.2) is 6.39 Å². The Morgan fingerprint density at radius 2 is 1.27 bits per heavy atom. The molecule has 204 valence electrons. The molecule has 0 unspecified atom stereocenters. The Bertz CT molecular complexity index is 976. The molecule has 0 spiro atoms. The summed E-state index contributed by atoms with van der Waals surface area (Å²) in [5.74, 6) is 0.933. The van der Waals surface area contributed by atoms with E-state index in [0.717, 1.165) is 11.5 Å². The van der Waals surface area contributed by atoms with Crippen LogP contribution in [0.25, 0.3) is 0 Å². The van der Waals surface area contributed by atoms with Crippen LogP contribution in [-0.2, 0) is 21.7 Å². The summed E-state index contributed by atoms with van der Waals surface area (Å²) in [5, 5.41) is 5.24. The van der Waals surface area contributed by atoms with Crippen molar-refractivity contribution in [2.24, 2.45) is 0 Å². The van der Waals surface area contributed by atoms with E-state index in [1.807, 2.05) is 17.0 Å². The predicted molar refractivity (Wildman–Crippen MR) is 158 cm³/mol. The van der Waals surface area contributed by atoms with Crippen molar-refractivity contribution >= 4 is 22.9 Å². The maximum atomic E-state index is 5.09. The monoisotopic (exact) mass is 543 g/mol. The lowest BCUT2D eigenvalue weighted by Crippen LogP contribution is -2.13. The highest BCUT2D eigenvalue weighted by molar-refractivity contribution is 7.09. The summed E-state index contributed by atoms with van der Waals surface area (Å²) in [6, 6.07) is 2.07. The molecule has 0 aliphatic heterocycles. The summed E-state index contributed by atoms with van der Waals surface area (Å²) < 4.78 is 9.32. The highest BCUT2D eigenvalue weighted by atomic mass is 32.1. The van der Waals surface area contributed by atoms with Crippen LogP contribution >= 0.6 is 22.9 Å². The van der Waals surface area contributed by atoms with Crippen molar-refractivity contribution in [1.29, 1.82) is 0 Å². The summed E-state index contributed by atoms with van der Waals surface area (Å²) in [6.45, 7) is 25.7. The Labute approximate surface area is 232 Å². The van der Waals surface area contributed by atoms with Crippen LogP contribution < -0.4 is 0 Å². The summed E-state index contributed by atoms with van der Waals surface area (Å²) >= 11 is 3.24. The molecule has 0 fully saturated rings. The normalized spacial score (nSPS) is 11.8. The average molecular weight is 544 g/mol. The number of nitrogens with zero attached hydrogens (tertiary/aromatic N) is 5. The average Bonchev–Trinajstić information content (AvgIpc) is 3.58. The third-order valence-corrected chi connectivity index (χ3v) is 6.54. The molecule has 0 radical (unpaired) electrons. The molecule has 0 amide bonds. The highest BCUT2D eigenvalue weighted by Gasteiger charge is 2.17. The first-order chi connectivity index (χ1) is 16.9. The molecule has 8 heteroatoms. The Morgan fingerprint density at radius 3 is 1.51 bits per heavy atom. The van der Waals surface area contributed by atoms with Gasteiger partial charge in [-0.05, 0) is 17.6 Å². The van der Waals surface area contributed by atoms with Gasteiger partial charge in [-0.3, -0.25) is 9.97 Å². The zero-order chi connectivity index (χ0) is 28.3. The van der Waals surface area contributed by atoms with Gasteiger partial charge in [-0.1, -0.05) is 83.1 Å². The van der Waals surface area contributed by atoms with Gasteiger partial charge in [0.1, 0.15) is 5.76 Å². The first-order valence-corrected chi connectivity index (χ1v) is 14.1. The van der Waals surface area contributed by atoms with Crippen molar-refractivity contribution < 1.29 is 4.42 Å². The molecule has 37 heavy (non-hydrogen) atoms. The van der Waals surface area contributed by atoms with Gasteiger partial charge in [0, 0.05) is 57.2 Å². The quantitative estimate of drug-likeness (QED) is 0.221. The molecule has 0 N–H and O–H groups in total. The lowest BCUT2D eigenvalue weighted by atomic mass is 9.93.